The predicted molar refractivity (Wildman–Crippen MR) is 139 cm³/mol. The maximum absolute atomic E-state index is 13.4. The average molecular weight is 493 g/mol. The monoisotopic (exact) mass is 492 g/mol. The van der Waals surface area contributed by atoms with Crippen molar-refractivity contribution in [2.24, 2.45) is 16.5 Å². The number of halogens is 1. The van der Waals surface area contributed by atoms with Crippen LogP contribution in [0.1, 0.15) is 36.1 Å². The molecule has 0 fully saturated rings. The van der Waals surface area contributed by atoms with E-state index in [1.165, 1.54) is 0 Å². The lowest BCUT2D eigenvalue weighted by atomic mass is 10.1. The zero-order chi connectivity index (χ0) is 24.9. The standard InChI is InChI=1S/C27H29ClN4O3/c1-17-6-11-24-23(14-17)32(16-19-4-3-5-21(28)15-19)26(33)25(35-24)12-13-34-22-9-7-20(8-10-22)18(2)31-27(29)30/h3-11,14-15,18,25H,12-13,16H2,1-2H3,(H4,29,30,31). The van der Waals surface area contributed by atoms with Crippen molar-refractivity contribution in [2.75, 3.05) is 11.5 Å². The highest BCUT2D eigenvalue weighted by atomic mass is 35.5. The number of fused-ring (bicyclic) bond motifs is 1. The first-order chi connectivity index (χ1) is 16.8. The number of guanidine groups is 1. The molecule has 3 aromatic rings. The SMILES string of the molecule is Cc1ccc2c(c1)N(Cc1cccc(Cl)c1)C(=O)C(CCOc1ccc(C(C)N=C(N)N)cc1)O2. The summed E-state index contributed by atoms with van der Waals surface area (Å²) in [6.07, 6.45) is -0.241. The molecule has 7 nitrogen and oxygen atoms in total. The maximum atomic E-state index is 13.4. The molecule has 0 aromatic heterocycles. The Labute approximate surface area is 210 Å². The fourth-order valence-corrected chi connectivity index (χ4v) is 4.23. The van der Waals surface area contributed by atoms with Gasteiger partial charge < -0.3 is 25.8 Å². The van der Waals surface area contributed by atoms with E-state index in [4.69, 9.17) is 32.5 Å². The number of ether oxygens (including phenoxy) is 2. The molecule has 4 N–H and O–H groups in total. The predicted octanol–water partition coefficient (Wildman–Crippen LogP) is 4.75. The summed E-state index contributed by atoms with van der Waals surface area (Å²) in [7, 11) is 0. The summed E-state index contributed by atoms with van der Waals surface area (Å²) in [4.78, 5) is 19.3. The zero-order valence-corrected chi connectivity index (χ0v) is 20.5. The van der Waals surface area contributed by atoms with Crippen LogP contribution in [-0.4, -0.2) is 24.6 Å². The van der Waals surface area contributed by atoms with Gasteiger partial charge in [0.25, 0.3) is 5.91 Å². The summed E-state index contributed by atoms with van der Waals surface area (Å²) in [5.41, 5.74) is 14.7. The molecule has 1 aliphatic heterocycles. The smallest absolute Gasteiger partial charge is 0.268 e. The quantitative estimate of drug-likeness (QED) is 0.349. The number of hydrogen-bond donors (Lipinski definition) is 2. The van der Waals surface area contributed by atoms with E-state index >= 15 is 0 Å². The van der Waals surface area contributed by atoms with Gasteiger partial charge in [0.1, 0.15) is 11.5 Å². The summed E-state index contributed by atoms with van der Waals surface area (Å²) >= 11 is 6.17. The van der Waals surface area contributed by atoms with Gasteiger partial charge in [-0.25, -0.2) is 4.99 Å². The Morgan fingerprint density at radius 2 is 1.91 bits per heavy atom. The van der Waals surface area contributed by atoms with Gasteiger partial charge >= 0.3 is 0 Å². The van der Waals surface area contributed by atoms with E-state index in [-0.39, 0.29) is 17.9 Å². The molecular formula is C27H29ClN4O3. The van der Waals surface area contributed by atoms with Crippen LogP contribution in [0.2, 0.25) is 5.02 Å². The van der Waals surface area contributed by atoms with E-state index in [1.807, 2.05) is 80.6 Å². The van der Waals surface area contributed by atoms with Crippen molar-refractivity contribution in [2.45, 2.75) is 39.0 Å². The highest BCUT2D eigenvalue weighted by Crippen LogP contribution is 2.36. The maximum Gasteiger partial charge on any atom is 0.268 e. The molecule has 0 radical (unpaired) electrons. The Hall–Kier alpha value is -3.71. The van der Waals surface area contributed by atoms with E-state index in [0.717, 1.165) is 22.4 Å². The second kappa shape index (κ2) is 10.7. The third kappa shape index (κ3) is 6.05. The summed E-state index contributed by atoms with van der Waals surface area (Å²) < 4.78 is 12.0. The minimum Gasteiger partial charge on any atom is -0.493 e. The summed E-state index contributed by atoms with van der Waals surface area (Å²) in [5, 5.41) is 0.635. The van der Waals surface area contributed by atoms with Crippen LogP contribution in [0.3, 0.4) is 0 Å². The number of benzene rings is 3. The average Bonchev–Trinajstić information content (AvgIpc) is 2.82. The van der Waals surface area contributed by atoms with E-state index in [0.29, 0.717) is 36.1 Å². The number of aliphatic imine (C=N–C) groups is 1. The number of amides is 1. The normalized spacial score (nSPS) is 15.7. The van der Waals surface area contributed by atoms with Gasteiger partial charge in [0.2, 0.25) is 0 Å². The van der Waals surface area contributed by atoms with Gasteiger partial charge in [-0.1, -0.05) is 41.9 Å². The number of nitrogens with two attached hydrogens (primary N) is 2. The third-order valence-corrected chi connectivity index (χ3v) is 6.03. The van der Waals surface area contributed by atoms with E-state index < -0.39 is 6.10 Å². The van der Waals surface area contributed by atoms with E-state index in [9.17, 15) is 4.79 Å². The molecule has 35 heavy (non-hydrogen) atoms. The Kier molecular flexibility index (Phi) is 7.46. The van der Waals surface area contributed by atoms with Crippen molar-refractivity contribution in [3.05, 3.63) is 88.4 Å². The molecule has 182 valence electrons. The number of rotatable bonds is 8. The summed E-state index contributed by atoms with van der Waals surface area (Å²) in [6, 6.07) is 20.8. The van der Waals surface area contributed by atoms with Crippen LogP contribution >= 0.6 is 11.6 Å². The van der Waals surface area contributed by atoms with Gasteiger partial charge in [-0.3, -0.25) is 4.79 Å². The second-order valence-electron chi connectivity index (χ2n) is 8.57. The van der Waals surface area contributed by atoms with Crippen LogP contribution in [-0.2, 0) is 11.3 Å². The molecule has 0 saturated carbocycles. The fourth-order valence-electron chi connectivity index (χ4n) is 4.02. The molecule has 3 aromatic carbocycles. The van der Waals surface area contributed by atoms with Crippen molar-refractivity contribution >= 4 is 29.2 Å². The molecule has 0 saturated heterocycles. The molecule has 1 amide bonds. The van der Waals surface area contributed by atoms with Gasteiger partial charge in [-0.2, -0.15) is 0 Å². The molecule has 0 bridgehead atoms. The first-order valence-electron chi connectivity index (χ1n) is 11.4. The summed E-state index contributed by atoms with van der Waals surface area (Å²) in [5.74, 6) is 1.32. The number of carbonyl (C=O) groups is 1. The van der Waals surface area contributed by atoms with Crippen molar-refractivity contribution < 1.29 is 14.3 Å². The van der Waals surface area contributed by atoms with Gasteiger partial charge in [0, 0.05) is 11.4 Å². The number of aryl methyl sites for hydroxylation is 1. The minimum atomic E-state index is -0.648. The van der Waals surface area contributed by atoms with Crippen LogP contribution in [0.5, 0.6) is 11.5 Å². The summed E-state index contributed by atoms with van der Waals surface area (Å²) in [6.45, 7) is 4.64. The molecule has 0 spiro atoms. The first-order valence-corrected chi connectivity index (χ1v) is 11.8. The van der Waals surface area contributed by atoms with Crippen LogP contribution in [0.15, 0.2) is 71.7 Å². The zero-order valence-electron chi connectivity index (χ0n) is 19.8. The number of carbonyl (C=O) groups excluding carboxylic acids is 1. The molecule has 2 atom stereocenters. The molecule has 0 aliphatic carbocycles. The molecule has 1 aliphatic rings. The minimum absolute atomic E-state index is 0.0520. The Morgan fingerprint density at radius 3 is 2.63 bits per heavy atom. The number of anilines is 1. The van der Waals surface area contributed by atoms with Crippen molar-refractivity contribution in [3.8, 4) is 11.5 Å². The number of nitrogens with zero attached hydrogens (tertiary/aromatic N) is 2. The van der Waals surface area contributed by atoms with Gasteiger partial charge in [0.05, 0.1) is 24.9 Å². The molecule has 2 unspecified atom stereocenters. The molecular weight excluding hydrogens is 464 g/mol. The van der Waals surface area contributed by atoms with Gasteiger partial charge in [-0.05, 0) is 66.9 Å². The van der Waals surface area contributed by atoms with Crippen molar-refractivity contribution in [1.82, 2.24) is 0 Å². The largest absolute Gasteiger partial charge is 0.493 e. The topological polar surface area (TPSA) is 103 Å². The molecule has 4 rings (SSSR count). The molecule has 8 heteroatoms. The third-order valence-electron chi connectivity index (χ3n) is 5.80. The lowest BCUT2D eigenvalue weighted by Gasteiger charge is -2.34. The first kappa shape index (κ1) is 24.4. The Balaban J connectivity index is 1.44. The number of hydrogen-bond acceptors (Lipinski definition) is 4. The lowest BCUT2D eigenvalue weighted by Crippen LogP contribution is -2.46. The van der Waals surface area contributed by atoms with Crippen LogP contribution < -0.4 is 25.8 Å². The van der Waals surface area contributed by atoms with Crippen molar-refractivity contribution in [1.29, 1.82) is 0 Å². The fraction of sp³-hybridized carbons (Fsp3) is 0.259. The molecule has 1 heterocycles. The van der Waals surface area contributed by atoms with Gasteiger partial charge in [0.15, 0.2) is 12.1 Å². The van der Waals surface area contributed by atoms with Gasteiger partial charge in [-0.15, -0.1) is 0 Å². The van der Waals surface area contributed by atoms with Crippen LogP contribution in [0, 0.1) is 6.92 Å². The Bertz CT molecular complexity index is 1230. The highest BCUT2D eigenvalue weighted by Gasteiger charge is 2.34. The van der Waals surface area contributed by atoms with E-state index in [1.54, 1.807) is 4.90 Å². The lowest BCUT2D eigenvalue weighted by molar-refractivity contribution is -0.127. The Morgan fingerprint density at radius 1 is 1.14 bits per heavy atom. The van der Waals surface area contributed by atoms with Crippen LogP contribution in [0.4, 0.5) is 5.69 Å². The highest BCUT2D eigenvalue weighted by molar-refractivity contribution is 6.30. The van der Waals surface area contributed by atoms with E-state index in [2.05, 4.69) is 4.99 Å². The van der Waals surface area contributed by atoms with Crippen LogP contribution in [0.25, 0.3) is 0 Å². The second-order valence-corrected chi connectivity index (χ2v) is 9.00. The van der Waals surface area contributed by atoms with Crippen molar-refractivity contribution in [3.63, 3.8) is 0 Å².